The Morgan fingerprint density at radius 3 is 2.14 bits per heavy atom. The lowest BCUT2D eigenvalue weighted by atomic mass is 10.2. The van der Waals surface area contributed by atoms with Gasteiger partial charge in [0, 0.05) is 23.7 Å². The highest BCUT2D eigenvalue weighted by Gasteiger charge is 2.22. The first-order valence-corrected chi connectivity index (χ1v) is 10.2. The van der Waals surface area contributed by atoms with Crippen LogP contribution in [0.4, 0.5) is 5.69 Å². The Labute approximate surface area is 169 Å². The molecule has 0 N–H and O–H groups in total. The van der Waals surface area contributed by atoms with E-state index in [2.05, 4.69) is 12.0 Å². The summed E-state index contributed by atoms with van der Waals surface area (Å²) in [4.78, 5) is 10.4. The molecule has 0 aliphatic rings. The van der Waals surface area contributed by atoms with Crippen molar-refractivity contribution in [2.24, 2.45) is 0 Å². The van der Waals surface area contributed by atoms with Gasteiger partial charge in [0.15, 0.2) is 0 Å². The lowest BCUT2D eigenvalue weighted by molar-refractivity contribution is -0.384. The number of rotatable bonds is 5. The van der Waals surface area contributed by atoms with Crippen molar-refractivity contribution in [1.29, 1.82) is 0 Å². The fraction of sp³-hybridized carbons (Fsp3) is 0.0909. The summed E-state index contributed by atoms with van der Waals surface area (Å²) >= 11 is 0. The predicted octanol–water partition coefficient (Wildman–Crippen LogP) is 4.10. The molecule has 0 aromatic heterocycles. The summed E-state index contributed by atoms with van der Waals surface area (Å²) in [6, 6.07) is 24.1. The molecule has 0 amide bonds. The monoisotopic (exact) mass is 406 g/mol. The Bertz CT molecular complexity index is 1160. The van der Waals surface area contributed by atoms with Crippen molar-refractivity contribution in [2.75, 3.05) is 0 Å². The third-order valence-electron chi connectivity index (χ3n) is 4.18. The topological polar surface area (TPSA) is 80.5 Å². The largest absolute Gasteiger partial charge is 0.271 e. The van der Waals surface area contributed by atoms with Crippen molar-refractivity contribution in [2.45, 2.75) is 18.4 Å². The molecule has 3 aromatic rings. The van der Waals surface area contributed by atoms with E-state index in [1.807, 2.05) is 37.3 Å². The molecule has 0 radical (unpaired) electrons. The van der Waals surface area contributed by atoms with Gasteiger partial charge in [-0.3, -0.25) is 10.1 Å². The van der Waals surface area contributed by atoms with E-state index in [-0.39, 0.29) is 17.1 Å². The average molecular weight is 406 g/mol. The quantitative estimate of drug-likeness (QED) is 0.276. The summed E-state index contributed by atoms with van der Waals surface area (Å²) in [6.07, 6.45) is 0. The predicted molar refractivity (Wildman–Crippen MR) is 110 cm³/mol. The molecule has 0 saturated carbocycles. The second-order valence-electron chi connectivity index (χ2n) is 6.35. The Hall–Kier alpha value is -3.63. The van der Waals surface area contributed by atoms with E-state index in [1.54, 1.807) is 24.3 Å². The number of nitro groups is 1. The smallest absolute Gasteiger partial charge is 0.258 e. The number of hydrogen-bond donors (Lipinski definition) is 0. The first-order valence-electron chi connectivity index (χ1n) is 8.76. The van der Waals surface area contributed by atoms with E-state index >= 15 is 0 Å². The molecule has 0 aliphatic carbocycles. The van der Waals surface area contributed by atoms with Crippen molar-refractivity contribution < 1.29 is 13.3 Å². The van der Waals surface area contributed by atoms with E-state index in [0.29, 0.717) is 5.56 Å². The van der Waals surface area contributed by atoms with Crippen LogP contribution < -0.4 is 0 Å². The van der Waals surface area contributed by atoms with Crippen molar-refractivity contribution in [3.63, 3.8) is 0 Å². The molecular formula is C22H18N2O4S. The number of non-ortho nitro benzene ring substituents is 1. The highest BCUT2D eigenvalue weighted by molar-refractivity contribution is 7.89. The van der Waals surface area contributed by atoms with Crippen LogP contribution in [0.3, 0.4) is 0 Å². The minimum absolute atomic E-state index is 0.0519. The SMILES string of the molecule is Cc1ccc(S(=O)(=O)N(C#Cc2ccc([N+](=O)[O-])cc2)Cc2ccccc2)cc1. The zero-order valence-electron chi connectivity index (χ0n) is 15.6. The summed E-state index contributed by atoms with van der Waals surface area (Å²) in [7, 11) is -3.86. The number of nitrogens with zero attached hydrogens (tertiary/aromatic N) is 2. The molecule has 0 heterocycles. The van der Waals surface area contributed by atoms with E-state index in [0.717, 1.165) is 15.4 Å². The van der Waals surface area contributed by atoms with Gasteiger partial charge in [-0.1, -0.05) is 48.0 Å². The Balaban J connectivity index is 1.97. The number of aryl methyl sites for hydroxylation is 1. The van der Waals surface area contributed by atoms with E-state index < -0.39 is 14.9 Å². The summed E-state index contributed by atoms with van der Waals surface area (Å²) in [6.45, 7) is 1.96. The number of nitro benzene ring substituents is 1. The standard InChI is InChI=1S/C22H18N2O4S/c1-18-7-13-22(14-8-18)29(27,28)23(17-20-5-3-2-4-6-20)16-15-19-9-11-21(12-10-19)24(25)26/h2-14H,17H2,1H3. The van der Waals surface area contributed by atoms with Crippen LogP contribution in [0, 0.1) is 29.0 Å². The molecule has 7 heteroatoms. The van der Waals surface area contributed by atoms with Crippen LogP contribution in [0.25, 0.3) is 0 Å². The minimum Gasteiger partial charge on any atom is -0.258 e. The first kappa shape index (κ1) is 20.1. The summed E-state index contributed by atoms with van der Waals surface area (Å²) in [5.74, 6) is 2.79. The number of sulfonamides is 1. The van der Waals surface area contributed by atoms with Crippen molar-refractivity contribution in [3.8, 4) is 12.0 Å². The third kappa shape index (κ3) is 5.00. The van der Waals surface area contributed by atoms with E-state index in [1.165, 1.54) is 24.3 Å². The summed E-state index contributed by atoms with van der Waals surface area (Å²) in [5.41, 5.74) is 2.17. The molecule has 146 valence electrons. The van der Waals surface area contributed by atoms with Crippen LogP contribution in [-0.2, 0) is 16.6 Å². The summed E-state index contributed by atoms with van der Waals surface area (Å²) < 4.78 is 27.4. The molecule has 3 rings (SSSR count). The fourth-order valence-electron chi connectivity index (χ4n) is 2.56. The molecule has 0 unspecified atom stereocenters. The van der Waals surface area contributed by atoms with Crippen LogP contribution in [0.5, 0.6) is 0 Å². The highest BCUT2D eigenvalue weighted by atomic mass is 32.2. The van der Waals surface area contributed by atoms with Crippen LogP contribution in [0.15, 0.2) is 83.8 Å². The molecule has 0 aliphatic heterocycles. The first-order chi connectivity index (χ1) is 13.9. The average Bonchev–Trinajstić information content (AvgIpc) is 2.72. The maximum absolute atomic E-state index is 13.1. The molecular weight excluding hydrogens is 388 g/mol. The normalized spacial score (nSPS) is 10.7. The number of benzene rings is 3. The van der Waals surface area contributed by atoms with Crippen LogP contribution in [0.1, 0.15) is 16.7 Å². The van der Waals surface area contributed by atoms with Crippen LogP contribution >= 0.6 is 0 Å². The van der Waals surface area contributed by atoms with E-state index in [4.69, 9.17) is 0 Å². The minimum atomic E-state index is -3.86. The zero-order chi connectivity index (χ0) is 20.9. The third-order valence-corrected chi connectivity index (χ3v) is 5.85. The lowest BCUT2D eigenvalue weighted by Crippen LogP contribution is -2.26. The molecule has 0 spiro atoms. The number of hydrogen-bond acceptors (Lipinski definition) is 4. The molecule has 6 nitrogen and oxygen atoms in total. The summed E-state index contributed by atoms with van der Waals surface area (Å²) in [5, 5.41) is 10.8. The van der Waals surface area contributed by atoms with Gasteiger partial charge in [-0.05, 0) is 42.7 Å². The van der Waals surface area contributed by atoms with Crippen LogP contribution in [0.2, 0.25) is 0 Å². The van der Waals surface area contributed by atoms with Gasteiger partial charge in [-0.25, -0.2) is 12.7 Å². The lowest BCUT2D eigenvalue weighted by Gasteiger charge is -2.18. The van der Waals surface area contributed by atoms with Crippen molar-refractivity contribution >= 4 is 15.7 Å². The van der Waals surface area contributed by atoms with Crippen molar-refractivity contribution in [1.82, 2.24) is 4.31 Å². The van der Waals surface area contributed by atoms with Crippen molar-refractivity contribution in [3.05, 3.63) is 106 Å². The van der Waals surface area contributed by atoms with Gasteiger partial charge in [-0.2, -0.15) is 0 Å². The second kappa shape index (κ2) is 8.59. The molecule has 0 fully saturated rings. The van der Waals surface area contributed by atoms with Gasteiger partial charge < -0.3 is 0 Å². The van der Waals surface area contributed by atoms with Gasteiger partial charge >= 0.3 is 0 Å². The fourth-order valence-corrected chi connectivity index (χ4v) is 3.78. The van der Waals surface area contributed by atoms with Gasteiger partial charge in [0.2, 0.25) is 0 Å². The van der Waals surface area contributed by atoms with Gasteiger partial charge in [-0.15, -0.1) is 0 Å². The molecule has 29 heavy (non-hydrogen) atoms. The highest BCUT2D eigenvalue weighted by Crippen LogP contribution is 2.19. The molecule has 0 atom stereocenters. The van der Waals surface area contributed by atoms with Gasteiger partial charge in [0.1, 0.15) is 0 Å². The molecule has 0 saturated heterocycles. The maximum atomic E-state index is 13.1. The zero-order valence-corrected chi connectivity index (χ0v) is 16.5. The Morgan fingerprint density at radius 2 is 1.55 bits per heavy atom. The van der Waals surface area contributed by atoms with Gasteiger partial charge in [0.25, 0.3) is 15.7 Å². The van der Waals surface area contributed by atoms with Crippen LogP contribution in [-0.4, -0.2) is 17.6 Å². The molecule has 0 bridgehead atoms. The maximum Gasteiger partial charge on any atom is 0.271 e. The van der Waals surface area contributed by atoms with Gasteiger partial charge in [0.05, 0.1) is 16.4 Å². The Morgan fingerprint density at radius 1 is 0.931 bits per heavy atom. The Kier molecular flexibility index (Phi) is 5.96. The van der Waals surface area contributed by atoms with E-state index in [9.17, 15) is 18.5 Å². The molecule has 3 aromatic carbocycles. The second-order valence-corrected chi connectivity index (χ2v) is 8.21.